The van der Waals surface area contributed by atoms with Crippen molar-refractivity contribution in [1.29, 1.82) is 0 Å². The van der Waals surface area contributed by atoms with E-state index in [1.165, 1.54) is 28.3 Å². The molecule has 0 fully saturated rings. The zero-order valence-corrected chi connectivity index (χ0v) is 15.6. The highest BCUT2D eigenvalue weighted by Gasteiger charge is 2.22. The number of aryl methyl sites for hydroxylation is 3. The van der Waals surface area contributed by atoms with Gasteiger partial charge in [-0.05, 0) is 43.9 Å². The van der Waals surface area contributed by atoms with Crippen molar-refractivity contribution in [3.8, 4) is 0 Å². The van der Waals surface area contributed by atoms with Crippen LogP contribution in [-0.4, -0.2) is 21.6 Å². The maximum absolute atomic E-state index is 13.7. The summed E-state index contributed by atoms with van der Waals surface area (Å²) in [6, 6.07) is 3.47. The van der Waals surface area contributed by atoms with Gasteiger partial charge in [-0.25, -0.2) is 18.7 Å². The molecular formula is C18H15F2N3OS2. The molecule has 134 valence electrons. The third-order valence-electron chi connectivity index (χ3n) is 4.21. The number of rotatable bonds is 4. The van der Waals surface area contributed by atoms with Crippen LogP contribution in [0.2, 0.25) is 0 Å². The number of carbonyl (C=O) groups is 1. The molecule has 4 nitrogen and oxygen atoms in total. The van der Waals surface area contributed by atoms with Crippen molar-refractivity contribution < 1.29 is 13.6 Å². The van der Waals surface area contributed by atoms with E-state index in [0.717, 1.165) is 46.6 Å². The predicted octanol–water partition coefficient (Wildman–Crippen LogP) is 4.50. The van der Waals surface area contributed by atoms with E-state index >= 15 is 0 Å². The average Bonchev–Trinajstić information content (AvgIpc) is 3.16. The van der Waals surface area contributed by atoms with Crippen LogP contribution in [0.4, 0.5) is 14.5 Å². The van der Waals surface area contributed by atoms with E-state index in [-0.39, 0.29) is 5.75 Å². The molecule has 1 amide bonds. The molecule has 2 heterocycles. The van der Waals surface area contributed by atoms with Crippen molar-refractivity contribution in [3.05, 3.63) is 46.1 Å². The van der Waals surface area contributed by atoms with Crippen molar-refractivity contribution in [1.82, 2.24) is 9.97 Å². The molecule has 0 spiro atoms. The molecule has 0 unspecified atom stereocenters. The minimum absolute atomic E-state index is 0.0178. The van der Waals surface area contributed by atoms with Gasteiger partial charge in [0.1, 0.15) is 33.0 Å². The lowest BCUT2D eigenvalue weighted by Gasteiger charge is -2.08. The number of para-hydroxylation sites is 1. The van der Waals surface area contributed by atoms with E-state index in [0.29, 0.717) is 5.82 Å². The Hall–Kier alpha value is -2.06. The van der Waals surface area contributed by atoms with E-state index in [4.69, 9.17) is 0 Å². The van der Waals surface area contributed by atoms with Crippen LogP contribution in [0.5, 0.6) is 0 Å². The van der Waals surface area contributed by atoms with Gasteiger partial charge in [0.25, 0.3) is 0 Å². The fourth-order valence-electron chi connectivity index (χ4n) is 3.10. The second-order valence-electron chi connectivity index (χ2n) is 6.05. The number of aromatic nitrogens is 2. The number of halogens is 2. The number of hydrogen-bond donors (Lipinski definition) is 1. The first-order chi connectivity index (χ1) is 12.5. The first-order valence-corrected chi connectivity index (χ1v) is 9.98. The zero-order valence-electron chi connectivity index (χ0n) is 13.9. The Labute approximate surface area is 157 Å². The van der Waals surface area contributed by atoms with Crippen LogP contribution in [0, 0.1) is 18.6 Å². The lowest BCUT2D eigenvalue weighted by molar-refractivity contribution is -0.113. The molecule has 3 aromatic rings. The normalized spacial score (nSPS) is 13.2. The number of thioether (sulfide) groups is 1. The summed E-state index contributed by atoms with van der Waals surface area (Å²) in [5.41, 5.74) is 0.867. The molecule has 8 heteroatoms. The SMILES string of the molecule is Cc1nc(SCC(=O)Nc2c(F)cccc2F)c2c3c(sc2n1)CCC3. The van der Waals surface area contributed by atoms with Gasteiger partial charge in [-0.15, -0.1) is 11.3 Å². The number of anilines is 1. The fraction of sp³-hybridized carbons (Fsp3) is 0.278. The zero-order chi connectivity index (χ0) is 18.3. The van der Waals surface area contributed by atoms with Crippen LogP contribution in [-0.2, 0) is 17.6 Å². The van der Waals surface area contributed by atoms with Crippen molar-refractivity contribution in [2.24, 2.45) is 0 Å². The van der Waals surface area contributed by atoms with Gasteiger partial charge in [-0.2, -0.15) is 0 Å². The highest BCUT2D eigenvalue weighted by Crippen LogP contribution is 2.40. The van der Waals surface area contributed by atoms with Crippen molar-refractivity contribution in [2.45, 2.75) is 31.2 Å². The van der Waals surface area contributed by atoms with Crippen LogP contribution >= 0.6 is 23.1 Å². The maximum atomic E-state index is 13.7. The Bertz CT molecular complexity index is 999. The van der Waals surface area contributed by atoms with Gasteiger partial charge < -0.3 is 5.32 Å². The molecule has 0 aliphatic heterocycles. The van der Waals surface area contributed by atoms with Gasteiger partial charge in [-0.3, -0.25) is 4.79 Å². The number of amides is 1. The van der Waals surface area contributed by atoms with E-state index in [2.05, 4.69) is 15.3 Å². The third-order valence-corrected chi connectivity index (χ3v) is 6.37. The van der Waals surface area contributed by atoms with Gasteiger partial charge in [0.2, 0.25) is 5.91 Å². The number of fused-ring (bicyclic) bond motifs is 3. The molecule has 0 bridgehead atoms. The molecule has 1 N–H and O–H groups in total. The molecule has 4 rings (SSSR count). The Morgan fingerprint density at radius 2 is 2.04 bits per heavy atom. The number of nitrogens with zero attached hydrogens (tertiary/aromatic N) is 2. The fourth-order valence-corrected chi connectivity index (χ4v) is 5.37. The minimum Gasteiger partial charge on any atom is -0.320 e. The van der Waals surface area contributed by atoms with Gasteiger partial charge >= 0.3 is 0 Å². The van der Waals surface area contributed by atoms with Crippen LogP contribution in [0.1, 0.15) is 22.7 Å². The molecule has 1 aromatic carbocycles. The van der Waals surface area contributed by atoms with Crippen molar-refractivity contribution in [2.75, 3.05) is 11.1 Å². The Balaban J connectivity index is 1.55. The largest absolute Gasteiger partial charge is 0.320 e. The summed E-state index contributed by atoms with van der Waals surface area (Å²) in [6.07, 6.45) is 3.19. The number of carbonyl (C=O) groups excluding carboxylic acids is 1. The topological polar surface area (TPSA) is 54.9 Å². The number of benzene rings is 1. The van der Waals surface area contributed by atoms with Gasteiger partial charge in [-0.1, -0.05) is 17.8 Å². The average molecular weight is 391 g/mol. The van der Waals surface area contributed by atoms with E-state index < -0.39 is 23.2 Å². The molecule has 0 saturated heterocycles. The standard InChI is InChI=1S/C18H15F2N3OS2/c1-9-21-17(15-10-4-2-7-13(10)26-18(15)22-9)25-8-14(24)23-16-11(19)5-3-6-12(16)20/h3,5-6H,2,4,7-8H2,1H3,(H,23,24). The van der Waals surface area contributed by atoms with Crippen LogP contribution in [0.25, 0.3) is 10.2 Å². The Kier molecular flexibility index (Phi) is 4.62. The Morgan fingerprint density at radius 1 is 1.27 bits per heavy atom. The number of hydrogen-bond acceptors (Lipinski definition) is 5. The lowest BCUT2D eigenvalue weighted by Crippen LogP contribution is -2.16. The van der Waals surface area contributed by atoms with E-state index in [9.17, 15) is 13.6 Å². The molecule has 0 atom stereocenters. The molecule has 0 radical (unpaired) electrons. The quantitative estimate of drug-likeness (QED) is 0.526. The third kappa shape index (κ3) is 3.19. The van der Waals surface area contributed by atoms with Crippen molar-refractivity contribution >= 4 is 44.9 Å². The van der Waals surface area contributed by atoms with Gasteiger partial charge in [0.05, 0.1) is 5.75 Å². The first-order valence-electron chi connectivity index (χ1n) is 8.18. The van der Waals surface area contributed by atoms with Gasteiger partial charge in [0.15, 0.2) is 0 Å². The summed E-state index contributed by atoms with van der Waals surface area (Å²) in [4.78, 5) is 23.5. The second kappa shape index (κ2) is 6.92. The predicted molar refractivity (Wildman–Crippen MR) is 99.9 cm³/mol. The molecule has 26 heavy (non-hydrogen) atoms. The summed E-state index contributed by atoms with van der Waals surface area (Å²) in [5.74, 6) is -1.39. The highest BCUT2D eigenvalue weighted by atomic mass is 32.2. The highest BCUT2D eigenvalue weighted by molar-refractivity contribution is 8.00. The molecule has 1 aliphatic carbocycles. The van der Waals surface area contributed by atoms with Crippen LogP contribution in [0.3, 0.4) is 0 Å². The second-order valence-corrected chi connectivity index (χ2v) is 8.09. The lowest BCUT2D eigenvalue weighted by atomic mass is 10.2. The summed E-state index contributed by atoms with van der Waals surface area (Å²) in [7, 11) is 0. The monoisotopic (exact) mass is 391 g/mol. The van der Waals surface area contributed by atoms with Crippen molar-refractivity contribution in [3.63, 3.8) is 0 Å². The molecule has 0 saturated carbocycles. The summed E-state index contributed by atoms with van der Waals surface area (Å²) >= 11 is 2.96. The number of thiophene rings is 1. The van der Waals surface area contributed by atoms with E-state index in [1.54, 1.807) is 11.3 Å². The van der Waals surface area contributed by atoms with Gasteiger partial charge in [0, 0.05) is 10.3 Å². The molecular weight excluding hydrogens is 376 g/mol. The smallest absolute Gasteiger partial charge is 0.234 e. The van der Waals surface area contributed by atoms with E-state index in [1.807, 2.05) is 6.92 Å². The Morgan fingerprint density at radius 3 is 2.81 bits per heavy atom. The first kappa shape index (κ1) is 17.4. The summed E-state index contributed by atoms with van der Waals surface area (Å²) in [6.45, 7) is 1.82. The summed E-state index contributed by atoms with van der Waals surface area (Å²) in [5, 5.41) is 4.10. The maximum Gasteiger partial charge on any atom is 0.234 e. The minimum atomic E-state index is -0.792. The summed E-state index contributed by atoms with van der Waals surface area (Å²) < 4.78 is 27.3. The number of nitrogens with one attached hydrogen (secondary N) is 1. The molecule has 1 aliphatic rings. The van der Waals surface area contributed by atoms with Crippen LogP contribution < -0.4 is 5.32 Å². The molecule has 2 aromatic heterocycles. The van der Waals surface area contributed by atoms with Crippen LogP contribution in [0.15, 0.2) is 23.2 Å².